The predicted molar refractivity (Wildman–Crippen MR) is 127 cm³/mol. The first-order chi connectivity index (χ1) is 14.4. The first kappa shape index (κ1) is 23.2. The number of hydrogen-bond donors (Lipinski definition) is 2. The van der Waals surface area contributed by atoms with Crippen molar-refractivity contribution < 1.29 is 14.6 Å². The van der Waals surface area contributed by atoms with Gasteiger partial charge in [0.2, 0.25) is 0 Å². The number of esters is 1. The summed E-state index contributed by atoms with van der Waals surface area (Å²) in [5, 5.41) is 12.5. The molecule has 0 aliphatic carbocycles. The molecule has 3 aromatic rings. The fourth-order valence-electron chi connectivity index (χ4n) is 4.13. The molecule has 0 atom stereocenters. The van der Waals surface area contributed by atoms with E-state index in [0.717, 1.165) is 39.7 Å². The third-order valence-corrected chi connectivity index (χ3v) is 5.85. The molecule has 5 heteroatoms. The molecule has 2 aromatic carbocycles. The Morgan fingerprint density at radius 2 is 1.65 bits per heavy atom. The first-order valence-electron chi connectivity index (χ1n) is 10.6. The van der Waals surface area contributed by atoms with E-state index >= 15 is 0 Å². The van der Waals surface area contributed by atoms with Crippen molar-refractivity contribution in [2.24, 2.45) is 10.8 Å². The van der Waals surface area contributed by atoms with E-state index in [1.807, 2.05) is 44.2 Å². The van der Waals surface area contributed by atoms with Gasteiger partial charge in [0.05, 0.1) is 12.5 Å². The van der Waals surface area contributed by atoms with Crippen molar-refractivity contribution in [2.75, 3.05) is 7.11 Å². The van der Waals surface area contributed by atoms with Crippen LogP contribution in [0.2, 0.25) is 5.02 Å². The average Bonchev–Trinajstić information content (AvgIpc) is 3.00. The number of fused-ring (bicyclic) bond motifs is 1. The number of rotatable bonds is 6. The first-order valence-corrected chi connectivity index (χ1v) is 11.0. The van der Waals surface area contributed by atoms with Crippen LogP contribution in [0.25, 0.3) is 10.9 Å². The second-order valence-corrected chi connectivity index (χ2v) is 10.6. The third-order valence-electron chi connectivity index (χ3n) is 5.60. The molecule has 31 heavy (non-hydrogen) atoms. The molecule has 166 valence electrons. The monoisotopic (exact) mass is 441 g/mol. The maximum Gasteiger partial charge on any atom is 0.311 e. The van der Waals surface area contributed by atoms with E-state index in [0.29, 0.717) is 17.9 Å². The number of carbonyl (C=O) groups is 1. The number of aromatic amines is 1. The van der Waals surface area contributed by atoms with Crippen molar-refractivity contribution >= 4 is 28.5 Å². The van der Waals surface area contributed by atoms with Crippen LogP contribution in [0, 0.1) is 10.8 Å². The molecule has 3 rings (SSSR count). The molecule has 0 aliphatic heterocycles. The number of nitrogens with one attached hydrogen (secondary N) is 1. The lowest BCUT2D eigenvalue weighted by molar-refractivity contribution is -0.150. The fourth-order valence-corrected chi connectivity index (χ4v) is 4.25. The molecule has 4 nitrogen and oxygen atoms in total. The Balaban J connectivity index is 2.18. The molecule has 0 saturated heterocycles. The lowest BCUT2D eigenvalue weighted by atomic mass is 9.81. The quantitative estimate of drug-likeness (QED) is 0.432. The van der Waals surface area contributed by atoms with Gasteiger partial charge >= 0.3 is 5.97 Å². The summed E-state index contributed by atoms with van der Waals surface area (Å²) in [6.45, 7) is 10.4. The summed E-state index contributed by atoms with van der Waals surface area (Å²) in [4.78, 5) is 15.9. The van der Waals surface area contributed by atoms with Gasteiger partial charge in [0.25, 0.3) is 0 Å². The Morgan fingerprint density at radius 3 is 2.23 bits per heavy atom. The summed E-state index contributed by atoms with van der Waals surface area (Å²) >= 11 is 6.05. The number of H-pyrrole nitrogens is 1. The average molecular weight is 442 g/mol. The molecule has 0 saturated carbocycles. The number of carbonyl (C=O) groups excluding carboxylic acids is 1. The second-order valence-electron chi connectivity index (χ2n) is 10.2. The van der Waals surface area contributed by atoms with Gasteiger partial charge in [0.1, 0.15) is 5.75 Å². The zero-order chi connectivity index (χ0) is 23.0. The minimum absolute atomic E-state index is 0.0300. The van der Waals surface area contributed by atoms with Crippen LogP contribution >= 0.6 is 11.6 Å². The summed E-state index contributed by atoms with van der Waals surface area (Å²) < 4.78 is 5.03. The molecular formula is C26H32ClNO3. The van der Waals surface area contributed by atoms with E-state index in [9.17, 15) is 9.90 Å². The van der Waals surface area contributed by atoms with E-state index in [1.165, 1.54) is 7.11 Å². The Morgan fingerprint density at radius 1 is 1.00 bits per heavy atom. The topological polar surface area (TPSA) is 62.3 Å². The van der Waals surface area contributed by atoms with Gasteiger partial charge in [-0.25, -0.2) is 0 Å². The molecule has 1 heterocycles. The van der Waals surface area contributed by atoms with Crippen LogP contribution in [0.4, 0.5) is 0 Å². The summed E-state index contributed by atoms with van der Waals surface area (Å²) in [5.41, 5.74) is 4.46. The van der Waals surface area contributed by atoms with Crippen LogP contribution in [0.3, 0.4) is 0 Å². The van der Waals surface area contributed by atoms with E-state index in [-0.39, 0.29) is 17.1 Å². The summed E-state index contributed by atoms with van der Waals surface area (Å²) in [6, 6.07) is 11.4. The molecule has 0 unspecified atom stereocenters. The van der Waals surface area contributed by atoms with Gasteiger partial charge in [-0.1, -0.05) is 44.5 Å². The van der Waals surface area contributed by atoms with E-state index in [4.69, 9.17) is 16.3 Å². The number of aromatic nitrogens is 1. The number of halogens is 1. The zero-order valence-corrected chi connectivity index (χ0v) is 20.0. The van der Waals surface area contributed by atoms with Gasteiger partial charge in [-0.05, 0) is 61.1 Å². The highest BCUT2D eigenvalue weighted by Crippen LogP contribution is 2.38. The van der Waals surface area contributed by atoms with Crippen LogP contribution in [-0.4, -0.2) is 23.2 Å². The maximum absolute atomic E-state index is 12.4. The van der Waals surface area contributed by atoms with Crippen LogP contribution in [0.15, 0.2) is 36.4 Å². The van der Waals surface area contributed by atoms with Gasteiger partial charge in [-0.3, -0.25) is 4.79 Å². The molecule has 0 fully saturated rings. The molecule has 0 bridgehead atoms. The number of ether oxygens (including phenoxy) is 1. The molecule has 0 amide bonds. The van der Waals surface area contributed by atoms with Crippen molar-refractivity contribution in [3.8, 4) is 5.75 Å². The number of aromatic hydroxyl groups is 1. The predicted octanol–water partition coefficient (Wildman–Crippen LogP) is 6.45. The van der Waals surface area contributed by atoms with Crippen molar-refractivity contribution in [3.63, 3.8) is 0 Å². The van der Waals surface area contributed by atoms with E-state index < -0.39 is 5.41 Å². The minimum Gasteiger partial charge on any atom is -0.508 e. The van der Waals surface area contributed by atoms with Crippen molar-refractivity contribution in [1.82, 2.24) is 4.98 Å². The van der Waals surface area contributed by atoms with Gasteiger partial charge in [-0.15, -0.1) is 0 Å². The highest BCUT2D eigenvalue weighted by Gasteiger charge is 2.32. The second kappa shape index (κ2) is 8.58. The van der Waals surface area contributed by atoms with Crippen molar-refractivity contribution in [1.29, 1.82) is 0 Å². The smallest absolute Gasteiger partial charge is 0.311 e. The van der Waals surface area contributed by atoms with Crippen LogP contribution < -0.4 is 0 Å². The Hall–Kier alpha value is -2.46. The molecule has 1 aromatic heterocycles. The minimum atomic E-state index is -0.666. The summed E-state index contributed by atoms with van der Waals surface area (Å²) in [7, 11) is 1.42. The normalized spacial score (nSPS) is 12.4. The summed E-state index contributed by atoms with van der Waals surface area (Å²) in [6.07, 6.45) is 1.94. The van der Waals surface area contributed by atoms with Crippen LogP contribution in [0.5, 0.6) is 5.75 Å². The van der Waals surface area contributed by atoms with E-state index in [2.05, 4.69) is 25.8 Å². The van der Waals surface area contributed by atoms with Crippen molar-refractivity contribution in [2.45, 2.75) is 53.9 Å². The maximum atomic E-state index is 12.4. The van der Waals surface area contributed by atoms with Gasteiger partial charge < -0.3 is 14.8 Å². The number of phenols is 1. The summed E-state index contributed by atoms with van der Waals surface area (Å²) in [5.74, 6) is 0.0347. The fraction of sp³-hybridized carbons (Fsp3) is 0.423. The van der Waals surface area contributed by atoms with Crippen LogP contribution in [-0.2, 0) is 28.8 Å². The highest BCUT2D eigenvalue weighted by molar-refractivity contribution is 6.30. The van der Waals surface area contributed by atoms with E-state index in [1.54, 1.807) is 6.07 Å². The SMILES string of the molecule is COC(=O)C(C)(C)Cc1[nH]c2ccc(O)c(Cc3ccc(Cl)cc3)c2c1CC(C)(C)C. The Kier molecular flexibility index (Phi) is 6.43. The largest absolute Gasteiger partial charge is 0.508 e. The molecule has 0 radical (unpaired) electrons. The zero-order valence-electron chi connectivity index (χ0n) is 19.2. The van der Waals surface area contributed by atoms with Crippen molar-refractivity contribution in [3.05, 3.63) is 63.8 Å². The number of hydrogen-bond acceptors (Lipinski definition) is 3. The molecule has 0 aliphatic rings. The highest BCUT2D eigenvalue weighted by atomic mass is 35.5. The lowest BCUT2D eigenvalue weighted by Crippen LogP contribution is -2.28. The third kappa shape index (κ3) is 5.24. The molecule has 0 spiro atoms. The van der Waals surface area contributed by atoms with Gasteiger partial charge in [-0.2, -0.15) is 0 Å². The number of benzene rings is 2. The van der Waals surface area contributed by atoms with Crippen LogP contribution in [0.1, 0.15) is 57.0 Å². The Labute approximate surface area is 189 Å². The number of methoxy groups -OCH3 is 1. The number of phenolic OH excluding ortho intramolecular Hbond substituents is 1. The van der Waals surface area contributed by atoms with Gasteiger partial charge in [0.15, 0.2) is 0 Å². The molecular weight excluding hydrogens is 410 g/mol. The molecule has 2 N–H and O–H groups in total. The Bertz CT molecular complexity index is 1090. The lowest BCUT2D eigenvalue weighted by Gasteiger charge is -2.24. The van der Waals surface area contributed by atoms with Gasteiger partial charge in [0, 0.05) is 40.0 Å². The standard InChI is InChI=1S/C26H32ClNO3/c1-25(2,3)14-19-21(15-26(4,5)24(30)31-6)28-20-11-12-22(29)18(23(19)20)13-16-7-9-17(27)10-8-16/h7-12,28-29H,13-15H2,1-6H3.